The van der Waals surface area contributed by atoms with Crippen molar-refractivity contribution in [1.82, 2.24) is 9.80 Å². The molecule has 0 radical (unpaired) electrons. The zero-order chi connectivity index (χ0) is 12.3. The fourth-order valence-electron chi connectivity index (χ4n) is 2.24. The first-order valence-corrected chi connectivity index (χ1v) is 6.36. The second-order valence-corrected chi connectivity index (χ2v) is 5.85. The summed E-state index contributed by atoms with van der Waals surface area (Å²) in [6.07, 6.45) is 2.23. The SMILES string of the molecule is CCN(C)C1CCN(C(=O)C(C)(C)C)CC1. The Labute approximate surface area is 99.8 Å². The van der Waals surface area contributed by atoms with E-state index < -0.39 is 0 Å². The average Bonchev–Trinajstić information content (AvgIpc) is 2.26. The lowest BCUT2D eigenvalue weighted by atomic mass is 9.93. The summed E-state index contributed by atoms with van der Waals surface area (Å²) < 4.78 is 0. The third-order valence-electron chi connectivity index (χ3n) is 3.52. The van der Waals surface area contributed by atoms with Gasteiger partial charge in [-0.1, -0.05) is 27.7 Å². The molecule has 0 unspecified atom stereocenters. The topological polar surface area (TPSA) is 23.6 Å². The van der Waals surface area contributed by atoms with Crippen molar-refractivity contribution in [1.29, 1.82) is 0 Å². The lowest BCUT2D eigenvalue weighted by Crippen LogP contribution is -2.48. The van der Waals surface area contributed by atoms with Crippen molar-refractivity contribution >= 4 is 5.91 Å². The maximum atomic E-state index is 12.1. The standard InChI is InChI=1S/C13H26N2O/c1-6-14(5)11-7-9-15(10-8-11)12(16)13(2,3)4/h11H,6-10H2,1-5H3. The van der Waals surface area contributed by atoms with Gasteiger partial charge in [0.15, 0.2) is 0 Å². The minimum Gasteiger partial charge on any atom is -0.342 e. The Morgan fingerprint density at radius 3 is 2.19 bits per heavy atom. The molecule has 1 aliphatic heterocycles. The fourth-order valence-corrected chi connectivity index (χ4v) is 2.24. The molecular weight excluding hydrogens is 200 g/mol. The van der Waals surface area contributed by atoms with Crippen LogP contribution in [-0.2, 0) is 4.79 Å². The minimum atomic E-state index is -0.233. The van der Waals surface area contributed by atoms with Crippen LogP contribution in [0.25, 0.3) is 0 Å². The van der Waals surface area contributed by atoms with Gasteiger partial charge in [0.25, 0.3) is 0 Å². The molecule has 0 bridgehead atoms. The van der Waals surface area contributed by atoms with E-state index in [0.717, 1.165) is 32.5 Å². The molecule has 1 heterocycles. The number of carbonyl (C=O) groups excluding carboxylic acids is 1. The van der Waals surface area contributed by atoms with Crippen LogP contribution in [0, 0.1) is 5.41 Å². The second kappa shape index (κ2) is 5.17. The molecule has 94 valence electrons. The van der Waals surface area contributed by atoms with E-state index in [1.54, 1.807) is 0 Å². The summed E-state index contributed by atoms with van der Waals surface area (Å²) >= 11 is 0. The van der Waals surface area contributed by atoms with Gasteiger partial charge in [0, 0.05) is 24.5 Å². The highest BCUT2D eigenvalue weighted by Crippen LogP contribution is 2.22. The number of carbonyl (C=O) groups is 1. The summed E-state index contributed by atoms with van der Waals surface area (Å²) in [4.78, 5) is 16.5. The second-order valence-electron chi connectivity index (χ2n) is 5.85. The largest absolute Gasteiger partial charge is 0.342 e. The van der Waals surface area contributed by atoms with E-state index >= 15 is 0 Å². The number of amides is 1. The molecule has 3 heteroatoms. The lowest BCUT2D eigenvalue weighted by Gasteiger charge is -2.38. The number of hydrogen-bond donors (Lipinski definition) is 0. The van der Waals surface area contributed by atoms with Gasteiger partial charge in [-0.05, 0) is 26.4 Å². The first-order valence-electron chi connectivity index (χ1n) is 6.36. The van der Waals surface area contributed by atoms with Gasteiger partial charge >= 0.3 is 0 Å². The van der Waals surface area contributed by atoms with Crippen LogP contribution < -0.4 is 0 Å². The molecule has 0 atom stereocenters. The molecule has 0 aromatic carbocycles. The fraction of sp³-hybridized carbons (Fsp3) is 0.923. The number of nitrogens with zero attached hydrogens (tertiary/aromatic N) is 2. The Bertz CT molecular complexity index is 237. The number of rotatable bonds is 2. The van der Waals surface area contributed by atoms with Crippen molar-refractivity contribution in [3.63, 3.8) is 0 Å². The van der Waals surface area contributed by atoms with Crippen molar-refractivity contribution in [3.05, 3.63) is 0 Å². The van der Waals surface area contributed by atoms with E-state index in [0.29, 0.717) is 11.9 Å². The Morgan fingerprint density at radius 2 is 1.81 bits per heavy atom. The van der Waals surface area contributed by atoms with Gasteiger partial charge in [-0.15, -0.1) is 0 Å². The average molecular weight is 226 g/mol. The zero-order valence-electron chi connectivity index (χ0n) is 11.4. The molecule has 0 aromatic heterocycles. The molecule has 1 fully saturated rings. The maximum Gasteiger partial charge on any atom is 0.227 e. The predicted molar refractivity (Wildman–Crippen MR) is 67.4 cm³/mol. The highest BCUT2D eigenvalue weighted by molar-refractivity contribution is 5.81. The molecule has 0 spiro atoms. The maximum absolute atomic E-state index is 12.1. The van der Waals surface area contributed by atoms with E-state index in [9.17, 15) is 4.79 Å². The Hall–Kier alpha value is -0.570. The van der Waals surface area contributed by atoms with Crippen molar-refractivity contribution in [3.8, 4) is 0 Å². The van der Waals surface area contributed by atoms with Crippen molar-refractivity contribution in [2.75, 3.05) is 26.7 Å². The molecule has 0 N–H and O–H groups in total. The van der Waals surface area contributed by atoms with Crippen LogP contribution in [-0.4, -0.2) is 48.4 Å². The van der Waals surface area contributed by atoms with Gasteiger partial charge in [-0.2, -0.15) is 0 Å². The zero-order valence-corrected chi connectivity index (χ0v) is 11.4. The Balaban J connectivity index is 2.46. The van der Waals surface area contributed by atoms with E-state index in [4.69, 9.17) is 0 Å². The quantitative estimate of drug-likeness (QED) is 0.719. The summed E-state index contributed by atoms with van der Waals surface area (Å²) in [6, 6.07) is 0.661. The normalized spacial score (nSPS) is 19.2. The molecule has 0 aliphatic carbocycles. The van der Waals surface area contributed by atoms with Crippen molar-refractivity contribution < 1.29 is 4.79 Å². The Kier molecular flexibility index (Phi) is 4.36. The van der Waals surface area contributed by atoms with E-state index in [1.807, 2.05) is 25.7 Å². The first kappa shape index (κ1) is 13.5. The van der Waals surface area contributed by atoms with Crippen LogP contribution in [0.5, 0.6) is 0 Å². The van der Waals surface area contributed by atoms with Gasteiger partial charge in [0.1, 0.15) is 0 Å². The van der Waals surface area contributed by atoms with Gasteiger partial charge in [-0.3, -0.25) is 4.79 Å². The summed E-state index contributed by atoms with van der Waals surface area (Å²) in [5.74, 6) is 0.296. The molecule has 0 aromatic rings. The summed E-state index contributed by atoms with van der Waals surface area (Å²) in [5.41, 5.74) is -0.233. The molecule has 3 nitrogen and oxygen atoms in total. The molecular formula is C13H26N2O. The van der Waals surface area contributed by atoms with Crippen LogP contribution in [0.3, 0.4) is 0 Å². The van der Waals surface area contributed by atoms with Gasteiger partial charge in [0.05, 0.1) is 0 Å². The molecule has 0 saturated carbocycles. The summed E-state index contributed by atoms with van der Waals surface area (Å²) in [5, 5.41) is 0. The third kappa shape index (κ3) is 3.21. The van der Waals surface area contributed by atoms with E-state index in [2.05, 4.69) is 18.9 Å². The van der Waals surface area contributed by atoms with Gasteiger partial charge in [-0.25, -0.2) is 0 Å². The molecule has 1 aliphatic rings. The van der Waals surface area contributed by atoms with Gasteiger partial charge < -0.3 is 9.80 Å². The molecule has 1 saturated heterocycles. The van der Waals surface area contributed by atoms with Crippen molar-refractivity contribution in [2.45, 2.75) is 46.6 Å². The third-order valence-corrected chi connectivity index (χ3v) is 3.52. The van der Waals surface area contributed by atoms with E-state index in [-0.39, 0.29) is 5.41 Å². The van der Waals surface area contributed by atoms with E-state index in [1.165, 1.54) is 0 Å². The Morgan fingerprint density at radius 1 is 1.31 bits per heavy atom. The molecule has 1 rings (SSSR count). The number of hydrogen-bond acceptors (Lipinski definition) is 2. The highest BCUT2D eigenvalue weighted by Gasteiger charge is 2.30. The number of piperidine rings is 1. The lowest BCUT2D eigenvalue weighted by molar-refractivity contribution is -0.141. The molecule has 1 amide bonds. The summed E-state index contributed by atoms with van der Waals surface area (Å²) in [6.45, 7) is 11.1. The van der Waals surface area contributed by atoms with Crippen molar-refractivity contribution in [2.24, 2.45) is 5.41 Å². The van der Waals surface area contributed by atoms with Crippen LogP contribution in [0.2, 0.25) is 0 Å². The smallest absolute Gasteiger partial charge is 0.227 e. The molecule has 16 heavy (non-hydrogen) atoms. The predicted octanol–water partition coefficient (Wildman–Crippen LogP) is 1.98. The minimum absolute atomic E-state index is 0.233. The highest BCUT2D eigenvalue weighted by atomic mass is 16.2. The van der Waals surface area contributed by atoms with Gasteiger partial charge in [0.2, 0.25) is 5.91 Å². The van der Waals surface area contributed by atoms with Crippen LogP contribution >= 0.6 is 0 Å². The summed E-state index contributed by atoms with van der Waals surface area (Å²) in [7, 11) is 2.17. The van der Waals surface area contributed by atoms with Crippen LogP contribution in [0.15, 0.2) is 0 Å². The monoisotopic (exact) mass is 226 g/mol. The van der Waals surface area contributed by atoms with Crippen LogP contribution in [0.1, 0.15) is 40.5 Å². The number of likely N-dealkylation sites (tertiary alicyclic amines) is 1. The van der Waals surface area contributed by atoms with Crippen LogP contribution in [0.4, 0.5) is 0 Å². The first-order chi connectivity index (χ1) is 7.36.